The molecule has 0 radical (unpaired) electrons. The van der Waals surface area contributed by atoms with Crippen LogP contribution in [0.15, 0.2) is 30.3 Å². The van der Waals surface area contributed by atoms with E-state index in [4.69, 9.17) is 9.84 Å². The number of aromatic nitrogens is 2. The summed E-state index contributed by atoms with van der Waals surface area (Å²) in [6, 6.07) is 9.35. The van der Waals surface area contributed by atoms with Gasteiger partial charge in [-0.05, 0) is 36.6 Å². The summed E-state index contributed by atoms with van der Waals surface area (Å²) < 4.78 is 6.93. The first kappa shape index (κ1) is 23.4. The molecule has 0 aliphatic heterocycles. The van der Waals surface area contributed by atoms with Gasteiger partial charge in [-0.25, -0.2) is 4.68 Å². The fourth-order valence-corrected chi connectivity index (χ4v) is 2.78. The number of hydrogen-bond donors (Lipinski definition) is 2. The van der Waals surface area contributed by atoms with Crippen LogP contribution in [0, 0.1) is 5.92 Å². The number of hydrogen-bond acceptors (Lipinski definition) is 4. The average molecular weight is 415 g/mol. The summed E-state index contributed by atoms with van der Waals surface area (Å²) in [6.45, 7) is 11.1. The lowest BCUT2D eigenvalue weighted by molar-refractivity contribution is -0.124. The van der Waals surface area contributed by atoms with Crippen LogP contribution >= 0.6 is 0 Å². The molecular formula is C23H34N4O3. The van der Waals surface area contributed by atoms with Gasteiger partial charge in [-0.2, -0.15) is 5.10 Å². The van der Waals surface area contributed by atoms with Crippen LogP contribution in [0.4, 0.5) is 5.82 Å². The molecule has 0 bridgehead atoms. The number of amides is 2. The Morgan fingerprint density at radius 2 is 1.73 bits per heavy atom. The topological polar surface area (TPSA) is 85.2 Å². The van der Waals surface area contributed by atoms with Crippen LogP contribution in [0.25, 0.3) is 5.69 Å². The highest BCUT2D eigenvalue weighted by atomic mass is 16.5. The van der Waals surface area contributed by atoms with Crippen molar-refractivity contribution in [1.82, 2.24) is 15.1 Å². The second kappa shape index (κ2) is 10.3. The minimum absolute atomic E-state index is 0.107. The van der Waals surface area contributed by atoms with E-state index >= 15 is 0 Å². The van der Waals surface area contributed by atoms with Gasteiger partial charge < -0.3 is 15.4 Å². The third-order valence-corrected chi connectivity index (χ3v) is 4.69. The van der Waals surface area contributed by atoms with E-state index in [9.17, 15) is 9.59 Å². The number of ether oxygens (including phenoxy) is 1. The van der Waals surface area contributed by atoms with Gasteiger partial charge in [0.15, 0.2) is 0 Å². The Balaban J connectivity index is 2.08. The van der Waals surface area contributed by atoms with E-state index in [2.05, 4.69) is 45.3 Å². The first-order chi connectivity index (χ1) is 14.1. The zero-order valence-corrected chi connectivity index (χ0v) is 18.9. The number of nitrogens with one attached hydrogen (secondary N) is 2. The molecule has 164 valence electrons. The molecule has 0 saturated heterocycles. The summed E-state index contributed by atoms with van der Waals surface area (Å²) in [7, 11) is 1.62. The molecule has 0 aliphatic carbocycles. The minimum atomic E-state index is -0.218. The molecule has 1 aromatic carbocycles. The number of benzene rings is 1. The van der Waals surface area contributed by atoms with Crippen LogP contribution in [-0.2, 0) is 15.0 Å². The zero-order valence-electron chi connectivity index (χ0n) is 18.9. The molecule has 0 unspecified atom stereocenters. The second-order valence-electron chi connectivity index (χ2n) is 8.86. The standard InChI is InChI=1S/C23H34N4O3/c1-16(2)13-14-24-21(28)11-12-22(29)25-20-15-19(23(3,4)5)26-27(20)17-7-9-18(30-6)10-8-17/h7-10,15-16H,11-14H2,1-6H3,(H,24,28)(H,25,29). The van der Waals surface area contributed by atoms with Crippen molar-refractivity contribution in [3.8, 4) is 11.4 Å². The van der Waals surface area contributed by atoms with E-state index in [0.717, 1.165) is 23.6 Å². The number of carbonyl (C=O) groups excluding carboxylic acids is 2. The lowest BCUT2D eigenvalue weighted by atomic mass is 9.92. The molecule has 2 N–H and O–H groups in total. The van der Waals surface area contributed by atoms with Crippen LogP contribution in [0.2, 0.25) is 0 Å². The quantitative estimate of drug-likeness (QED) is 0.648. The second-order valence-corrected chi connectivity index (χ2v) is 8.86. The van der Waals surface area contributed by atoms with E-state index in [1.54, 1.807) is 11.8 Å². The maximum absolute atomic E-state index is 12.5. The van der Waals surface area contributed by atoms with E-state index in [1.165, 1.54) is 0 Å². The molecule has 0 saturated carbocycles. The number of methoxy groups -OCH3 is 1. The Morgan fingerprint density at radius 1 is 1.10 bits per heavy atom. The molecular weight excluding hydrogens is 380 g/mol. The monoisotopic (exact) mass is 414 g/mol. The average Bonchev–Trinajstić information content (AvgIpc) is 3.10. The number of rotatable bonds is 9. The predicted octanol–water partition coefficient (Wildman–Crippen LogP) is 4.06. The van der Waals surface area contributed by atoms with Crippen molar-refractivity contribution in [3.05, 3.63) is 36.0 Å². The van der Waals surface area contributed by atoms with Crippen LogP contribution in [0.1, 0.15) is 59.6 Å². The molecule has 30 heavy (non-hydrogen) atoms. The van der Waals surface area contributed by atoms with Crippen LogP contribution in [0.5, 0.6) is 5.75 Å². The van der Waals surface area contributed by atoms with E-state index in [0.29, 0.717) is 18.3 Å². The maximum Gasteiger partial charge on any atom is 0.226 e. The first-order valence-electron chi connectivity index (χ1n) is 10.4. The Hall–Kier alpha value is -2.83. The minimum Gasteiger partial charge on any atom is -0.497 e. The molecule has 1 heterocycles. The van der Waals surface area contributed by atoms with Gasteiger partial charge >= 0.3 is 0 Å². The summed E-state index contributed by atoms with van der Waals surface area (Å²) in [5.41, 5.74) is 1.50. The first-order valence-corrected chi connectivity index (χ1v) is 10.4. The summed E-state index contributed by atoms with van der Waals surface area (Å²) in [4.78, 5) is 24.4. The van der Waals surface area contributed by atoms with Gasteiger partial charge in [-0.3, -0.25) is 9.59 Å². The fraction of sp³-hybridized carbons (Fsp3) is 0.522. The van der Waals surface area contributed by atoms with Gasteiger partial charge in [0.05, 0.1) is 18.5 Å². The molecule has 0 fully saturated rings. The van der Waals surface area contributed by atoms with Crippen molar-refractivity contribution in [2.75, 3.05) is 19.0 Å². The molecule has 0 atom stereocenters. The Morgan fingerprint density at radius 3 is 2.30 bits per heavy atom. The van der Waals surface area contributed by atoms with Crippen molar-refractivity contribution in [2.24, 2.45) is 5.92 Å². The van der Waals surface area contributed by atoms with Gasteiger partial charge in [0.2, 0.25) is 11.8 Å². The lowest BCUT2D eigenvalue weighted by Crippen LogP contribution is -2.26. The summed E-state index contributed by atoms with van der Waals surface area (Å²) in [5, 5.41) is 10.5. The molecule has 2 aromatic rings. The molecule has 2 rings (SSSR count). The molecule has 0 aliphatic rings. The van der Waals surface area contributed by atoms with Crippen molar-refractivity contribution in [1.29, 1.82) is 0 Å². The van der Waals surface area contributed by atoms with Crippen LogP contribution in [-0.4, -0.2) is 35.2 Å². The van der Waals surface area contributed by atoms with Gasteiger partial charge in [0.1, 0.15) is 11.6 Å². The van der Waals surface area contributed by atoms with E-state index < -0.39 is 0 Å². The molecule has 0 spiro atoms. The third kappa shape index (κ3) is 6.90. The zero-order chi connectivity index (χ0) is 22.3. The molecule has 7 nitrogen and oxygen atoms in total. The predicted molar refractivity (Wildman–Crippen MR) is 119 cm³/mol. The number of carbonyl (C=O) groups is 2. The summed E-state index contributed by atoms with van der Waals surface area (Å²) in [6.07, 6.45) is 1.20. The Labute approximate surface area is 179 Å². The molecule has 1 aromatic heterocycles. The number of anilines is 1. The van der Waals surface area contributed by atoms with E-state index in [1.807, 2.05) is 30.3 Å². The van der Waals surface area contributed by atoms with Crippen molar-refractivity contribution in [2.45, 2.75) is 59.3 Å². The van der Waals surface area contributed by atoms with Gasteiger partial charge in [0.25, 0.3) is 0 Å². The van der Waals surface area contributed by atoms with E-state index in [-0.39, 0.29) is 30.1 Å². The molecule has 2 amide bonds. The fourth-order valence-electron chi connectivity index (χ4n) is 2.78. The largest absolute Gasteiger partial charge is 0.497 e. The van der Waals surface area contributed by atoms with Crippen molar-refractivity contribution < 1.29 is 14.3 Å². The smallest absolute Gasteiger partial charge is 0.226 e. The van der Waals surface area contributed by atoms with Crippen LogP contribution in [0.3, 0.4) is 0 Å². The highest BCUT2D eigenvalue weighted by Crippen LogP contribution is 2.27. The van der Waals surface area contributed by atoms with Gasteiger partial charge in [-0.15, -0.1) is 0 Å². The van der Waals surface area contributed by atoms with Crippen molar-refractivity contribution >= 4 is 17.6 Å². The van der Waals surface area contributed by atoms with Crippen LogP contribution < -0.4 is 15.4 Å². The Bertz CT molecular complexity index is 848. The van der Waals surface area contributed by atoms with Gasteiger partial charge in [0, 0.05) is 30.9 Å². The Kier molecular flexibility index (Phi) is 8.03. The normalized spacial score (nSPS) is 11.4. The summed E-state index contributed by atoms with van der Waals surface area (Å²) >= 11 is 0. The molecule has 7 heteroatoms. The number of nitrogens with zero attached hydrogens (tertiary/aromatic N) is 2. The SMILES string of the molecule is COc1ccc(-n2nc(C(C)(C)C)cc2NC(=O)CCC(=O)NCCC(C)C)cc1. The maximum atomic E-state index is 12.5. The third-order valence-electron chi connectivity index (χ3n) is 4.69. The lowest BCUT2D eigenvalue weighted by Gasteiger charge is -2.14. The van der Waals surface area contributed by atoms with Crippen molar-refractivity contribution in [3.63, 3.8) is 0 Å². The highest BCUT2D eigenvalue weighted by Gasteiger charge is 2.21. The summed E-state index contributed by atoms with van der Waals surface area (Å²) in [5.74, 6) is 1.53. The van der Waals surface area contributed by atoms with Gasteiger partial charge in [-0.1, -0.05) is 34.6 Å². The highest BCUT2D eigenvalue weighted by molar-refractivity contribution is 5.92.